The lowest BCUT2D eigenvalue weighted by Crippen LogP contribution is -2.46. The smallest absolute Gasteiger partial charge is 0.215 e. The largest absolute Gasteiger partial charge is 0.377 e. The van der Waals surface area contributed by atoms with Gasteiger partial charge in [0.1, 0.15) is 11.5 Å². The second-order valence-corrected chi connectivity index (χ2v) is 5.37. The third kappa shape index (κ3) is 2.63. The fraction of sp³-hybridized carbons (Fsp3) is 1.00. The van der Waals surface area contributed by atoms with Gasteiger partial charge in [-0.2, -0.15) is 0 Å². The monoisotopic (exact) mass is 208 g/mol. The summed E-state index contributed by atoms with van der Waals surface area (Å²) >= 11 is 0. The number of hydrogen-bond donors (Lipinski definition) is 2. The van der Waals surface area contributed by atoms with Crippen LogP contribution in [0.3, 0.4) is 0 Å². The fourth-order valence-electron chi connectivity index (χ4n) is 1.47. The van der Waals surface area contributed by atoms with E-state index in [-0.39, 0.29) is 0 Å². The quantitative estimate of drug-likeness (QED) is 0.628. The van der Waals surface area contributed by atoms with Gasteiger partial charge in [-0.15, -0.1) is 0 Å². The molecule has 0 bridgehead atoms. The van der Waals surface area contributed by atoms with E-state index in [0.717, 1.165) is 25.9 Å². The summed E-state index contributed by atoms with van der Waals surface area (Å²) < 4.78 is 21.8. The second-order valence-electron chi connectivity index (χ2n) is 3.45. The van der Waals surface area contributed by atoms with Gasteiger partial charge in [-0.25, -0.2) is 13.6 Å². The molecule has 1 aliphatic heterocycles. The number of aliphatic hydroxyl groups excluding tert-OH is 1. The molecule has 0 aromatic heterocycles. The maximum atomic E-state index is 10.9. The predicted molar refractivity (Wildman–Crippen MR) is 49.4 cm³/mol. The van der Waals surface area contributed by atoms with E-state index in [1.807, 2.05) is 0 Å². The van der Waals surface area contributed by atoms with Crippen molar-refractivity contribution in [2.24, 2.45) is 5.14 Å². The fourth-order valence-corrected chi connectivity index (χ4v) is 1.98. The van der Waals surface area contributed by atoms with E-state index in [4.69, 9.17) is 5.14 Å². The third-order valence-corrected chi connectivity index (χ3v) is 3.73. The molecule has 0 aliphatic carbocycles. The Morgan fingerprint density at radius 1 is 1.38 bits per heavy atom. The van der Waals surface area contributed by atoms with Gasteiger partial charge >= 0.3 is 0 Å². The van der Waals surface area contributed by atoms with E-state index in [0.29, 0.717) is 0 Å². The molecule has 0 radical (unpaired) electrons. The minimum atomic E-state index is -3.63. The first kappa shape index (κ1) is 10.9. The van der Waals surface area contributed by atoms with Gasteiger partial charge in [0.25, 0.3) is 0 Å². The van der Waals surface area contributed by atoms with Crippen molar-refractivity contribution < 1.29 is 13.5 Å². The number of nitrogens with zero attached hydrogens (tertiary/aromatic N) is 1. The number of primary sulfonamides is 1. The van der Waals surface area contributed by atoms with E-state index in [1.54, 1.807) is 4.90 Å². The Morgan fingerprint density at radius 2 is 1.85 bits per heavy atom. The third-order valence-electron chi connectivity index (χ3n) is 2.45. The number of likely N-dealkylation sites (tertiary alicyclic amines) is 1. The predicted octanol–water partition coefficient (Wildman–Crippen LogP) is -0.922. The van der Waals surface area contributed by atoms with Gasteiger partial charge in [-0.1, -0.05) is 0 Å². The Labute approximate surface area is 78.6 Å². The first-order valence-electron chi connectivity index (χ1n) is 4.36. The molecule has 0 aromatic carbocycles. The lowest BCUT2D eigenvalue weighted by Gasteiger charge is -2.26. The van der Waals surface area contributed by atoms with Gasteiger partial charge in [0, 0.05) is 13.1 Å². The molecule has 13 heavy (non-hydrogen) atoms. The van der Waals surface area contributed by atoms with Crippen LogP contribution in [0.1, 0.15) is 19.8 Å². The van der Waals surface area contributed by atoms with Gasteiger partial charge in [0.15, 0.2) is 0 Å². The Balaban J connectivity index is 2.61. The maximum absolute atomic E-state index is 10.9. The lowest BCUT2D eigenvalue weighted by molar-refractivity contribution is 0.0207. The number of sulfonamides is 1. The molecule has 6 heteroatoms. The number of nitrogens with two attached hydrogens (primary N) is 1. The van der Waals surface area contributed by atoms with E-state index in [9.17, 15) is 13.5 Å². The van der Waals surface area contributed by atoms with Crippen LogP contribution < -0.4 is 5.14 Å². The average molecular weight is 208 g/mol. The van der Waals surface area contributed by atoms with Gasteiger partial charge in [0.05, 0.1) is 0 Å². The molecule has 0 spiro atoms. The Kier molecular flexibility index (Phi) is 3.28. The van der Waals surface area contributed by atoms with E-state index in [1.165, 1.54) is 6.92 Å². The van der Waals surface area contributed by atoms with Crippen molar-refractivity contribution in [1.29, 1.82) is 0 Å². The molecule has 0 saturated carbocycles. The molecule has 1 heterocycles. The maximum Gasteiger partial charge on any atom is 0.215 e. The minimum Gasteiger partial charge on any atom is -0.377 e. The minimum absolute atomic E-state index is 0.751. The highest BCUT2D eigenvalue weighted by atomic mass is 32.2. The van der Waals surface area contributed by atoms with Crippen LogP contribution in [0.25, 0.3) is 0 Å². The Hall–Kier alpha value is -0.170. The van der Waals surface area contributed by atoms with Crippen molar-refractivity contribution in [2.45, 2.75) is 31.2 Å². The Morgan fingerprint density at radius 3 is 2.23 bits per heavy atom. The standard InChI is InChI=1S/C7H16N2O3S/c1-6(13(8,11)12)7(10)9-4-2-3-5-9/h6-7,10H,2-5H2,1H3,(H2,8,11,12)/t6?,7-/m0/s1. The van der Waals surface area contributed by atoms with Crippen LogP contribution in [0, 0.1) is 0 Å². The van der Waals surface area contributed by atoms with Crippen LogP contribution in [-0.4, -0.2) is 43.0 Å². The normalized spacial score (nSPS) is 24.5. The van der Waals surface area contributed by atoms with Crippen molar-refractivity contribution in [3.05, 3.63) is 0 Å². The van der Waals surface area contributed by atoms with Crippen molar-refractivity contribution in [3.63, 3.8) is 0 Å². The first-order chi connectivity index (χ1) is 5.93. The number of hydrogen-bond acceptors (Lipinski definition) is 4. The summed E-state index contributed by atoms with van der Waals surface area (Å²) in [5.74, 6) is 0. The molecule has 1 saturated heterocycles. The zero-order valence-corrected chi connectivity index (χ0v) is 8.50. The van der Waals surface area contributed by atoms with Gasteiger partial charge < -0.3 is 5.11 Å². The molecule has 0 aromatic rings. The summed E-state index contributed by atoms with van der Waals surface area (Å²) in [5, 5.41) is 13.6. The molecule has 1 unspecified atom stereocenters. The molecule has 1 rings (SSSR count). The van der Waals surface area contributed by atoms with Crippen LogP contribution in [0.4, 0.5) is 0 Å². The van der Waals surface area contributed by atoms with Gasteiger partial charge in [-0.3, -0.25) is 4.90 Å². The number of rotatable bonds is 3. The van der Waals surface area contributed by atoms with Crippen LogP contribution in [-0.2, 0) is 10.0 Å². The first-order valence-corrected chi connectivity index (χ1v) is 5.97. The van der Waals surface area contributed by atoms with E-state index >= 15 is 0 Å². The summed E-state index contributed by atoms with van der Waals surface area (Å²) in [6, 6.07) is 0. The molecule has 3 N–H and O–H groups in total. The average Bonchev–Trinajstić information content (AvgIpc) is 2.51. The molecule has 5 nitrogen and oxygen atoms in total. The summed E-state index contributed by atoms with van der Waals surface area (Å²) in [4.78, 5) is 1.75. The molecule has 0 amide bonds. The van der Waals surface area contributed by atoms with Crippen LogP contribution in [0.5, 0.6) is 0 Å². The Bertz CT molecular complexity index is 259. The van der Waals surface area contributed by atoms with Crippen LogP contribution in [0.2, 0.25) is 0 Å². The molecular weight excluding hydrogens is 192 g/mol. The lowest BCUT2D eigenvalue weighted by atomic mass is 10.4. The van der Waals surface area contributed by atoms with Crippen molar-refractivity contribution in [3.8, 4) is 0 Å². The van der Waals surface area contributed by atoms with Crippen molar-refractivity contribution in [2.75, 3.05) is 13.1 Å². The van der Waals surface area contributed by atoms with Crippen molar-refractivity contribution in [1.82, 2.24) is 4.90 Å². The van der Waals surface area contributed by atoms with E-state index < -0.39 is 21.5 Å². The molecule has 1 fully saturated rings. The van der Waals surface area contributed by atoms with Crippen molar-refractivity contribution >= 4 is 10.0 Å². The summed E-state index contributed by atoms with van der Waals surface area (Å²) in [6.45, 7) is 2.93. The van der Waals surface area contributed by atoms with Crippen LogP contribution >= 0.6 is 0 Å². The summed E-state index contributed by atoms with van der Waals surface area (Å²) in [5.41, 5.74) is 0. The van der Waals surface area contributed by atoms with E-state index in [2.05, 4.69) is 0 Å². The van der Waals surface area contributed by atoms with Gasteiger partial charge in [-0.05, 0) is 19.8 Å². The SMILES string of the molecule is CC([C@H](O)N1CCCC1)S(N)(=O)=O. The summed E-state index contributed by atoms with van der Waals surface area (Å²) in [7, 11) is -3.63. The summed E-state index contributed by atoms with van der Waals surface area (Å²) in [6.07, 6.45) is 1.06. The topological polar surface area (TPSA) is 83.6 Å². The highest BCUT2D eigenvalue weighted by molar-refractivity contribution is 7.89. The molecule has 2 atom stereocenters. The highest BCUT2D eigenvalue weighted by Crippen LogP contribution is 2.14. The zero-order chi connectivity index (χ0) is 10.1. The van der Waals surface area contributed by atoms with Gasteiger partial charge in [0.2, 0.25) is 10.0 Å². The second kappa shape index (κ2) is 3.91. The zero-order valence-electron chi connectivity index (χ0n) is 7.68. The highest BCUT2D eigenvalue weighted by Gasteiger charge is 2.30. The number of aliphatic hydroxyl groups is 1. The molecule has 1 aliphatic rings. The molecular formula is C7H16N2O3S. The van der Waals surface area contributed by atoms with Crippen LogP contribution in [0.15, 0.2) is 0 Å². The molecule has 78 valence electrons.